The van der Waals surface area contributed by atoms with E-state index in [4.69, 9.17) is 18.9 Å². The van der Waals surface area contributed by atoms with E-state index in [9.17, 15) is 4.79 Å². The Morgan fingerprint density at radius 3 is 2.81 bits per heavy atom. The van der Waals surface area contributed by atoms with Crippen LogP contribution in [-0.2, 0) is 25.6 Å². The van der Waals surface area contributed by atoms with Crippen LogP contribution in [0.3, 0.4) is 0 Å². The van der Waals surface area contributed by atoms with Gasteiger partial charge < -0.3 is 18.9 Å². The van der Waals surface area contributed by atoms with E-state index in [0.29, 0.717) is 33.0 Å². The standard InChI is InChI=1S/C21H29NO5/c1-24-10-11-25-9-5-8-18-12-19-15-26-16-20(13-18)22(19)21(23)27-14-17-6-3-2-4-7-17/h2-4,6-7,12,19-20H,5,8-11,13-16H2,1H3. The maximum atomic E-state index is 12.6. The van der Waals surface area contributed by atoms with Crippen LogP contribution in [0.15, 0.2) is 42.0 Å². The number of rotatable bonds is 9. The Bertz CT molecular complexity index is 618. The Balaban J connectivity index is 1.49. The first kappa shape index (κ1) is 19.9. The Morgan fingerprint density at radius 2 is 2.04 bits per heavy atom. The number of hydrogen-bond acceptors (Lipinski definition) is 5. The Labute approximate surface area is 161 Å². The van der Waals surface area contributed by atoms with Crippen molar-refractivity contribution < 1.29 is 23.7 Å². The van der Waals surface area contributed by atoms with Gasteiger partial charge in [0.25, 0.3) is 0 Å². The first-order valence-electron chi connectivity index (χ1n) is 9.61. The van der Waals surface area contributed by atoms with Gasteiger partial charge in [0.15, 0.2) is 0 Å². The van der Waals surface area contributed by atoms with Gasteiger partial charge in [0.1, 0.15) is 6.61 Å². The molecular formula is C21H29NO5. The van der Waals surface area contributed by atoms with Crippen LogP contribution in [0.2, 0.25) is 0 Å². The summed E-state index contributed by atoms with van der Waals surface area (Å²) in [5.41, 5.74) is 2.38. The van der Waals surface area contributed by atoms with Crippen LogP contribution in [0.5, 0.6) is 0 Å². The average molecular weight is 375 g/mol. The van der Waals surface area contributed by atoms with Crippen LogP contribution >= 0.6 is 0 Å². The molecule has 0 aliphatic carbocycles. The predicted molar refractivity (Wildman–Crippen MR) is 101 cm³/mol. The van der Waals surface area contributed by atoms with Crippen molar-refractivity contribution in [1.82, 2.24) is 4.90 Å². The number of amides is 1. The summed E-state index contributed by atoms with van der Waals surface area (Å²) in [6, 6.07) is 9.78. The van der Waals surface area contributed by atoms with E-state index in [2.05, 4.69) is 6.08 Å². The summed E-state index contributed by atoms with van der Waals surface area (Å²) >= 11 is 0. The third-order valence-corrected chi connectivity index (χ3v) is 4.91. The zero-order valence-electron chi connectivity index (χ0n) is 16.0. The van der Waals surface area contributed by atoms with Gasteiger partial charge in [0.05, 0.1) is 38.5 Å². The van der Waals surface area contributed by atoms with E-state index >= 15 is 0 Å². The number of morpholine rings is 1. The van der Waals surface area contributed by atoms with Crippen LogP contribution < -0.4 is 0 Å². The highest BCUT2D eigenvalue weighted by atomic mass is 16.6. The van der Waals surface area contributed by atoms with E-state index in [0.717, 1.165) is 31.4 Å². The number of hydrogen-bond donors (Lipinski definition) is 0. The summed E-state index contributed by atoms with van der Waals surface area (Å²) in [7, 11) is 1.67. The molecule has 6 nitrogen and oxygen atoms in total. The van der Waals surface area contributed by atoms with E-state index in [-0.39, 0.29) is 18.2 Å². The van der Waals surface area contributed by atoms with Gasteiger partial charge in [-0.25, -0.2) is 4.79 Å². The Morgan fingerprint density at radius 1 is 1.19 bits per heavy atom. The fourth-order valence-electron chi connectivity index (χ4n) is 3.59. The molecule has 1 saturated heterocycles. The number of carbonyl (C=O) groups is 1. The third kappa shape index (κ3) is 5.79. The third-order valence-electron chi connectivity index (χ3n) is 4.91. The summed E-state index contributed by atoms with van der Waals surface area (Å²) in [5, 5.41) is 0. The fourth-order valence-corrected chi connectivity index (χ4v) is 3.59. The minimum Gasteiger partial charge on any atom is -0.445 e. The normalized spacial score (nSPS) is 21.7. The van der Waals surface area contributed by atoms with Crippen LogP contribution in [0, 0.1) is 0 Å². The van der Waals surface area contributed by atoms with Gasteiger partial charge in [0, 0.05) is 13.7 Å². The average Bonchev–Trinajstić information content (AvgIpc) is 2.69. The molecule has 3 rings (SSSR count). The van der Waals surface area contributed by atoms with Gasteiger partial charge >= 0.3 is 6.09 Å². The van der Waals surface area contributed by atoms with Gasteiger partial charge in [-0.05, 0) is 24.8 Å². The van der Waals surface area contributed by atoms with Crippen molar-refractivity contribution in [2.24, 2.45) is 0 Å². The summed E-state index contributed by atoms with van der Waals surface area (Å²) in [4.78, 5) is 14.5. The lowest BCUT2D eigenvalue weighted by Gasteiger charge is -2.43. The maximum Gasteiger partial charge on any atom is 0.411 e. The molecule has 2 unspecified atom stereocenters. The van der Waals surface area contributed by atoms with Crippen molar-refractivity contribution in [3.05, 3.63) is 47.5 Å². The molecule has 6 heteroatoms. The zero-order chi connectivity index (χ0) is 18.9. The number of methoxy groups -OCH3 is 1. The number of benzene rings is 1. The van der Waals surface area contributed by atoms with Crippen molar-refractivity contribution >= 4 is 6.09 Å². The molecule has 27 heavy (non-hydrogen) atoms. The number of ether oxygens (including phenoxy) is 4. The van der Waals surface area contributed by atoms with E-state index in [1.54, 1.807) is 7.11 Å². The minimum absolute atomic E-state index is 0.0369. The first-order chi connectivity index (χ1) is 13.3. The lowest BCUT2D eigenvalue weighted by Crippen LogP contribution is -2.56. The Kier molecular flexibility index (Phi) is 7.68. The zero-order valence-corrected chi connectivity index (χ0v) is 16.0. The van der Waals surface area contributed by atoms with Crippen LogP contribution in [0.4, 0.5) is 4.79 Å². The molecule has 2 bridgehead atoms. The van der Waals surface area contributed by atoms with Crippen molar-refractivity contribution in [1.29, 1.82) is 0 Å². The van der Waals surface area contributed by atoms with Crippen LogP contribution in [0.25, 0.3) is 0 Å². The number of fused-ring (bicyclic) bond motifs is 2. The molecule has 0 N–H and O–H groups in total. The van der Waals surface area contributed by atoms with Crippen molar-refractivity contribution in [2.75, 3.05) is 40.1 Å². The second kappa shape index (κ2) is 10.4. The molecule has 1 aromatic carbocycles. The number of nitrogens with zero attached hydrogens (tertiary/aromatic N) is 1. The molecule has 2 aliphatic heterocycles. The monoisotopic (exact) mass is 375 g/mol. The van der Waals surface area contributed by atoms with E-state index in [1.807, 2.05) is 35.2 Å². The summed E-state index contributed by atoms with van der Waals surface area (Å²) < 4.78 is 21.7. The topological polar surface area (TPSA) is 57.2 Å². The smallest absolute Gasteiger partial charge is 0.411 e. The second-order valence-corrected chi connectivity index (χ2v) is 6.94. The largest absolute Gasteiger partial charge is 0.445 e. The maximum absolute atomic E-state index is 12.6. The highest BCUT2D eigenvalue weighted by molar-refractivity contribution is 5.69. The second-order valence-electron chi connectivity index (χ2n) is 6.94. The van der Waals surface area contributed by atoms with Crippen LogP contribution in [-0.4, -0.2) is 63.2 Å². The summed E-state index contributed by atoms with van der Waals surface area (Å²) in [6.07, 6.45) is 4.74. The van der Waals surface area contributed by atoms with Gasteiger partial charge in [0.2, 0.25) is 0 Å². The highest BCUT2D eigenvalue weighted by Gasteiger charge is 2.38. The minimum atomic E-state index is -0.254. The van der Waals surface area contributed by atoms with Gasteiger partial charge in [-0.3, -0.25) is 4.90 Å². The van der Waals surface area contributed by atoms with Gasteiger partial charge in [-0.1, -0.05) is 42.0 Å². The molecular weight excluding hydrogens is 346 g/mol. The lowest BCUT2D eigenvalue weighted by atomic mass is 9.92. The molecule has 2 heterocycles. The molecule has 2 aliphatic rings. The SMILES string of the molecule is COCCOCCCC1=CC2COCC(C1)N2C(=O)OCc1ccccc1. The highest BCUT2D eigenvalue weighted by Crippen LogP contribution is 2.30. The summed E-state index contributed by atoms with van der Waals surface area (Å²) in [5.74, 6) is 0. The molecule has 148 valence electrons. The van der Waals surface area contributed by atoms with Crippen molar-refractivity contribution in [3.8, 4) is 0 Å². The van der Waals surface area contributed by atoms with Crippen molar-refractivity contribution in [3.63, 3.8) is 0 Å². The lowest BCUT2D eigenvalue weighted by molar-refractivity contribution is -0.0376. The molecule has 0 radical (unpaired) electrons. The van der Waals surface area contributed by atoms with E-state index < -0.39 is 0 Å². The molecule has 2 atom stereocenters. The predicted octanol–water partition coefficient (Wildman–Crippen LogP) is 3.17. The quantitative estimate of drug-likeness (QED) is 0.490. The number of carbonyl (C=O) groups excluding carboxylic acids is 1. The molecule has 1 fully saturated rings. The Hall–Kier alpha value is -1.89. The molecule has 0 aromatic heterocycles. The summed E-state index contributed by atoms with van der Waals surface area (Å²) in [6.45, 7) is 3.39. The van der Waals surface area contributed by atoms with Crippen molar-refractivity contribution in [2.45, 2.75) is 38.0 Å². The fraction of sp³-hybridized carbons (Fsp3) is 0.571. The van der Waals surface area contributed by atoms with Gasteiger partial charge in [-0.15, -0.1) is 0 Å². The molecule has 0 saturated carbocycles. The van der Waals surface area contributed by atoms with E-state index in [1.165, 1.54) is 5.57 Å². The molecule has 1 amide bonds. The first-order valence-corrected chi connectivity index (χ1v) is 9.61. The van der Waals surface area contributed by atoms with Gasteiger partial charge in [-0.2, -0.15) is 0 Å². The van der Waals surface area contributed by atoms with Crippen LogP contribution in [0.1, 0.15) is 24.8 Å². The molecule has 0 spiro atoms. The molecule has 1 aromatic rings.